The maximum Gasteiger partial charge on any atom is 0.551 e. The van der Waals surface area contributed by atoms with Crippen LogP contribution in [0.5, 0.6) is 0 Å². The monoisotopic (exact) mass is 182 g/mol. The summed E-state index contributed by atoms with van der Waals surface area (Å²) in [6.45, 7) is -0.0212. The van der Waals surface area contributed by atoms with Gasteiger partial charge in [0.15, 0.2) is 0 Å². The summed E-state index contributed by atoms with van der Waals surface area (Å²) in [4.78, 5) is 10.5. The van der Waals surface area contributed by atoms with Crippen molar-refractivity contribution in [2.24, 2.45) is 4.99 Å². The molecule has 0 aliphatic carbocycles. The molecule has 0 atom stereocenters. The topological polar surface area (TPSA) is 34.1 Å². The maximum absolute atomic E-state index is 11.4. The molecule has 0 amide bonds. The molecule has 1 aliphatic rings. The number of allylic oxidation sites excluding steroid dienone is 1. The fraction of sp³-hybridized carbons (Fsp3) is 0.400. The number of rotatable bonds is 2. The first kappa shape index (κ1) is 9.01. The molecule has 7 heteroatoms. The van der Waals surface area contributed by atoms with E-state index < -0.39 is 6.36 Å². The summed E-state index contributed by atoms with van der Waals surface area (Å²) in [5, 5.41) is 0.799. The van der Waals surface area contributed by atoms with E-state index in [1.807, 2.05) is 0 Å². The average molecular weight is 182 g/mol. The summed E-state index contributed by atoms with van der Waals surface area (Å²) in [6, 6.07) is 0. The van der Waals surface area contributed by atoms with Gasteiger partial charge < -0.3 is 0 Å². The van der Waals surface area contributed by atoms with Gasteiger partial charge in [0.05, 0.1) is 0 Å². The van der Waals surface area contributed by atoms with Crippen molar-refractivity contribution in [2.45, 2.75) is 6.36 Å². The Kier molecular flexibility index (Phi) is 2.66. The maximum atomic E-state index is 11.4. The predicted octanol–water partition coefficient (Wildman–Crippen LogP) is 1.23. The Hall–Kier alpha value is -1.08. The highest BCUT2D eigenvalue weighted by atomic mass is 19.4. The van der Waals surface area contributed by atoms with Crippen molar-refractivity contribution in [1.82, 2.24) is 5.06 Å². The van der Waals surface area contributed by atoms with E-state index in [0.717, 1.165) is 5.06 Å². The largest absolute Gasteiger partial charge is 0.551 e. The van der Waals surface area contributed by atoms with Crippen LogP contribution >= 0.6 is 0 Å². The number of hydroxylamine groups is 2. The average Bonchev–Trinajstić information content (AvgIpc) is 2.02. The zero-order valence-corrected chi connectivity index (χ0v) is 5.78. The number of aliphatic imine (C=N–C) groups is 1. The van der Waals surface area contributed by atoms with Gasteiger partial charge in [-0.1, -0.05) is 0 Å². The van der Waals surface area contributed by atoms with Crippen LogP contribution in [0.3, 0.4) is 0 Å². The number of alkyl halides is 3. The van der Waals surface area contributed by atoms with Crippen molar-refractivity contribution >= 4 is 6.21 Å². The van der Waals surface area contributed by atoms with Crippen LogP contribution in [-0.4, -0.2) is 24.3 Å². The van der Waals surface area contributed by atoms with Crippen molar-refractivity contribution in [3.05, 3.63) is 12.3 Å². The Morgan fingerprint density at radius 2 is 2.17 bits per heavy atom. The molecule has 0 spiro atoms. The first-order chi connectivity index (χ1) is 5.58. The van der Waals surface area contributed by atoms with Crippen molar-refractivity contribution in [3.63, 3.8) is 0 Å². The summed E-state index contributed by atoms with van der Waals surface area (Å²) in [5.74, 6) is 0. The van der Waals surface area contributed by atoms with E-state index in [1.54, 1.807) is 0 Å². The Morgan fingerprint density at radius 3 is 2.67 bits per heavy atom. The Balaban J connectivity index is 2.24. The lowest BCUT2D eigenvalue weighted by Gasteiger charge is -2.17. The Labute approximate surface area is 65.8 Å². The SMILES string of the molecule is FC(F)(F)OON1C=CC=NC1. The second kappa shape index (κ2) is 3.55. The second-order valence-electron chi connectivity index (χ2n) is 1.84. The van der Waals surface area contributed by atoms with Crippen LogP contribution in [0.2, 0.25) is 0 Å². The van der Waals surface area contributed by atoms with E-state index in [4.69, 9.17) is 0 Å². The number of halogens is 3. The molecule has 0 bridgehead atoms. The van der Waals surface area contributed by atoms with Crippen LogP contribution in [-0.2, 0) is 9.88 Å². The van der Waals surface area contributed by atoms with Gasteiger partial charge in [0.25, 0.3) is 0 Å². The molecule has 12 heavy (non-hydrogen) atoms. The van der Waals surface area contributed by atoms with E-state index in [9.17, 15) is 13.2 Å². The minimum atomic E-state index is -4.80. The molecule has 1 aliphatic heterocycles. The summed E-state index contributed by atoms with van der Waals surface area (Å²) in [6.07, 6.45) is -0.676. The summed E-state index contributed by atoms with van der Waals surface area (Å²) in [5.41, 5.74) is 0. The normalized spacial score (nSPS) is 17.1. The lowest BCUT2D eigenvalue weighted by Crippen LogP contribution is -2.25. The first-order valence-corrected chi connectivity index (χ1v) is 2.94. The smallest absolute Gasteiger partial charge is 0.269 e. The van der Waals surface area contributed by atoms with Crippen molar-refractivity contribution in [2.75, 3.05) is 6.67 Å². The highest BCUT2D eigenvalue weighted by Crippen LogP contribution is 2.17. The van der Waals surface area contributed by atoms with Gasteiger partial charge in [0.1, 0.15) is 6.67 Å². The van der Waals surface area contributed by atoms with Gasteiger partial charge in [0.2, 0.25) is 0 Å². The number of hydrogen-bond acceptors (Lipinski definition) is 4. The minimum absolute atomic E-state index is 0.0212. The van der Waals surface area contributed by atoms with Crippen molar-refractivity contribution < 1.29 is 23.0 Å². The van der Waals surface area contributed by atoms with Gasteiger partial charge in [-0.3, -0.25) is 4.99 Å². The minimum Gasteiger partial charge on any atom is -0.269 e. The van der Waals surface area contributed by atoms with Crippen LogP contribution in [0.25, 0.3) is 0 Å². The molecule has 0 unspecified atom stereocenters. The summed E-state index contributed by atoms with van der Waals surface area (Å²) >= 11 is 0. The van der Waals surface area contributed by atoms with E-state index >= 15 is 0 Å². The second-order valence-corrected chi connectivity index (χ2v) is 1.84. The van der Waals surface area contributed by atoms with Crippen molar-refractivity contribution in [1.29, 1.82) is 0 Å². The van der Waals surface area contributed by atoms with E-state index in [2.05, 4.69) is 14.9 Å². The van der Waals surface area contributed by atoms with E-state index in [-0.39, 0.29) is 6.67 Å². The predicted molar refractivity (Wildman–Crippen MR) is 32.6 cm³/mol. The number of nitrogens with zero attached hydrogens (tertiary/aromatic N) is 2. The van der Waals surface area contributed by atoms with Gasteiger partial charge in [0, 0.05) is 12.4 Å². The van der Waals surface area contributed by atoms with Gasteiger partial charge >= 0.3 is 6.36 Å². The Bertz CT molecular complexity index is 201. The van der Waals surface area contributed by atoms with E-state index in [1.165, 1.54) is 18.5 Å². The fourth-order valence-corrected chi connectivity index (χ4v) is 0.509. The third kappa shape index (κ3) is 3.35. The van der Waals surface area contributed by atoms with Gasteiger partial charge in [-0.2, -0.15) is 0 Å². The van der Waals surface area contributed by atoms with Crippen LogP contribution in [0.4, 0.5) is 13.2 Å². The van der Waals surface area contributed by atoms with Crippen LogP contribution < -0.4 is 0 Å². The van der Waals surface area contributed by atoms with Crippen LogP contribution in [0.15, 0.2) is 17.3 Å². The van der Waals surface area contributed by atoms with Crippen molar-refractivity contribution in [3.8, 4) is 0 Å². The highest BCUT2D eigenvalue weighted by molar-refractivity contribution is 5.71. The molecule has 0 aromatic carbocycles. The standard InChI is InChI=1S/C5H5F3N2O2/c6-5(7,8)11-12-10-3-1-2-9-4-10/h1-3H,4H2. The van der Waals surface area contributed by atoms with Crippen LogP contribution in [0.1, 0.15) is 0 Å². The third-order valence-corrected chi connectivity index (χ3v) is 0.892. The molecular formula is C5H5F3N2O2. The summed E-state index contributed by atoms with van der Waals surface area (Å²) in [7, 11) is 0. The molecule has 0 saturated heterocycles. The molecule has 0 saturated carbocycles. The molecule has 68 valence electrons. The zero-order chi connectivity index (χ0) is 9.03. The van der Waals surface area contributed by atoms with Gasteiger partial charge in [-0.05, 0) is 6.08 Å². The Morgan fingerprint density at radius 1 is 1.42 bits per heavy atom. The summed E-state index contributed by atoms with van der Waals surface area (Å²) < 4.78 is 34.1. The fourth-order valence-electron chi connectivity index (χ4n) is 0.509. The number of hydrogen-bond donors (Lipinski definition) is 0. The molecule has 0 radical (unpaired) electrons. The quantitative estimate of drug-likeness (QED) is 0.475. The van der Waals surface area contributed by atoms with Gasteiger partial charge in [-0.15, -0.1) is 23.0 Å². The molecule has 4 nitrogen and oxygen atoms in total. The molecule has 1 rings (SSSR count). The molecule has 0 fully saturated rings. The first-order valence-electron chi connectivity index (χ1n) is 2.94. The van der Waals surface area contributed by atoms with Crippen LogP contribution in [0, 0.1) is 0 Å². The molecule has 0 N–H and O–H groups in total. The van der Waals surface area contributed by atoms with E-state index in [0.29, 0.717) is 0 Å². The molecular weight excluding hydrogens is 177 g/mol. The van der Waals surface area contributed by atoms with Gasteiger partial charge in [-0.25, -0.2) is 5.06 Å². The zero-order valence-electron chi connectivity index (χ0n) is 5.78. The lowest BCUT2D eigenvalue weighted by molar-refractivity contribution is -0.540. The molecule has 0 aromatic rings. The lowest BCUT2D eigenvalue weighted by atomic mass is 10.6. The third-order valence-electron chi connectivity index (χ3n) is 0.892. The molecule has 1 heterocycles. The molecule has 0 aromatic heterocycles. The highest BCUT2D eigenvalue weighted by Gasteiger charge is 2.32.